The van der Waals surface area contributed by atoms with Gasteiger partial charge in [-0.1, -0.05) is 13.3 Å². The first kappa shape index (κ1) is 16.2. The third-order valence-corrected chi connectivity index (χ3v) is 3.91. The van der Waals surface area contributed by atoms with Gasteiger partial charge in [0, 0.05) is 18.0 Å². The van der Waals surface area contributed by atoms with E-state index in [0.717, 1.165) is 24.1 Å². The Morgan fingerprint density at radius 1 is 1.47 bits per heavy atom. The lowest BCUT2D eigenvalue weighted by atomic mass is 10.1. The molecule has 3 nitrogen and oxygen atoms in total. The van der Waals surface area contributed by atoms with Crippen molar-refractivity contribution in [2.75, 3.05) is 13.2 Å². The van der Waals surface area contributed by atoms with Gasteiger partial charge in [0.1, 0.15) is 0 Å². The Morgan fingerprint density at radius 3 is 2.84 bits per heavy atom. The van der Waals surface area contributed by atoms with E-state index in [1.165, 1.54) is 10.4 Å². The molecule has 0 aliphatic heterocycles. The number of thiophene rings is 1. The molecule has 0 saturated carbocycles. The van der Waals surface area contributed by atoms with Crippen LogP contribution in [0.4, 0.5) is 0 Å². The average molecular weight is 283 g/mol. The number of carbonyl (C=O) groups excluding carboxylic acids is 1. The van der Waals surface area contributed by atoms with E-state index < -0.39 is 0 Å². The lowest BCUT2D eigenvalue weighted by Gasteiger charge is -2.07. The van der Waals surface area contributed by atoms with Gasteiger partial charge in [0.2, 0.25) is 0 Å². The van der Waals surface area contributed by atoms with E-state index in [0.29, 0.717) is 13.2 Å². The molecule has 0 bridgehead atoms. The Bertz CT molecular complexity index is 399. The largest absolute Gasteiger partial charge is 0.379 e. The number of aryl methyl sites for hydroxylation is 2. The summed E-state index contributed by atoms with van der Waals surface area (Å²) < 4.78 is 5.44. The number of ether oxygens (including phenoxy) is 1. The van der Waals surface area contributed by atoms with Crippen molar-refractivity contribution in [3.63, 3.8) is 0 Å². The summed E-state index contributed by atoms with van der Waals surface area (Å²) in [6.45, 7) is 9.65. The van der Waals surface area contributed by atoms with Crippen molar-refractivity contribution in [2.24, 2.45) is 0 Å². The molecule has 1 rings (SSSR count). The highest BCUT2D eigenvalue weighted by atomic mass is 32.1. The van der Waals surface area contributed by atoms with Crippen LogP contribution in [0.3, 0.4) is 0 Å². The molecule has 1 amide bonds. The van der Waals surface area contributed by atoms with Gasteiger partial charge >= 0.3 is 0 Å². The van der Waals surface area contributed by atoms with E-state index in [9.17, 15) is 4.79 Å². The fourth-order valence-electron chi connectivity index (χ4n) is 1.83. The molecule has 19 heavy (non-hydrogen) atoms. The van der Waals surface area contributed by atoms with Crippen LogP contribution in [0, 0.1) is 6.92 Å². The monoisotopic (exact) mass is 283 g/mol. The quantitative estimate of drug-likeness (QED) is 0.741. The second-order valence-corrected chi connectivity index (χ2v) is 6.23. The smallest absolute Gasteiger partial charge is 0.261 e. The van der Waals surface area contributed by atoms with Crippen LogP contribution < -0.4 is 5.32 Å². The first-order valence-corrected chi connectivity index (χ1v) is 7.85. The van der Waals surface area contributed by atoms with Crippen LogP contribution in [-0.4, -0.2) is 25.2 Å². The van der Waals surface area contributed by atoms with E-state index in [4.69, 9.17) is 4.74 Å². The fraction of sp³-hybridized carbons (Fsp3) is 0.667. The van der Waals surface area contributed by atoms with Gasteiger partial charge in [0.05, 0.1) is 11.0 Å². The van der Waals surface area contributed by atoms with Crippen LogP contribution in [-0.2, 0) is 11.2 Å². The summed E-state index contributed by atoms with van der Waals surface area (Å²) in [6, 6.07) is 2.03. The molecular weight excluding hydrogens is 258 g/mol. The molecule has 1 N–H and O–H groups in total. The van der Waals surface area contributed by atoms with Gasteiger partial charge in [0.25, 0.3) is 5.91 Å². The van der Waals surface area contributed by atoms with Gasteiger partial charge in [0.15, 0.2) is 0 Å². The molecule has 0 saturated heterocycles. The highest BCUT2D eigenvalue weighted by molar-refractivity contribution is 7.14. The Labute approximate surface area is 120 Å². The van der Waals surface area contributed by atoms with E-state index in [2.05, 4.69) is 19.2 Å². The van der Waals surface area contributed by atoms with E-state index in [1.807, 2.05) is 19.9 Å². The summed E-state index contributed by atoms with van der Waals surface area (Å²) in [5, 5.41) is 2.95. The van der Waals surface area contributed by atoms with Crippen molar-refractivity contribution >= 4 is 17.2 Å². The predicted molar refractivity (Wildman–Crippen MR) is 81.1 cm³/mol. The summed E-state index contributed by atoms with van der Waals surface area (Å²) in [7, 11) is 0. The first-order chi connectivity index (χ1) is 9.04. The van der Waals surface area contributed by atoms with Crippen LogP contribution in [0.1, 0.15) is 53.7 Å². The molecule has 1 heterocycles. The zero-order valence-corrected chi connectivity index (χ0v) is 13.2. The van der Waals surface area contributed by atoms with Crippen LogP contribution in [0.5, 0.6) is 0 Å². The normalized spacial score (nSPS) is 11.0. The van der Waals surface area contributed by atoms with Crippen LogP contribution in [0.15, 0.2) is 6.07 Å². The SMILES string of the molecule is CCCc1cc(C(=O)NCCCOC(C)C)sc1C. The minimum atomic E-state index is 0.0417. The standard InChI is InChI=1S/C15H25NO2S/c1-5-7-13-10-14(19-12(13)4)15(17)16-8-6-9-18-11(2)3/h10-11H,5-9H2,1-4H3,(H,16,17). The van der Waals surface area contributed by atoms with Crippen molar-refractivity contribution in [3.05, 3.63) is 21.4 Å². The Hall–Kier alpha value is -0.870. The molecule has 0 atom stereocenters. The summed E-state index contributed by atoms with van der Waals surface area (Å²) >= 11 is 1.59. The van der Waals surface area contributed by atoms with Gasteiger partial charge in [-0.05, 0) is 45.2 Å². The highest BCUT2D eigenvalue weighted by Gasteiger charge is 2.11. The molecule has 0 aliphatic rings. The molecule has 0 unspecified atom stereocenters. The second kappa shape index (κ2) is 8.33. The fourth-order valence-corrected chi connectivity index (χ4v) is 2.82. The van der Waals surface area contributed by atoms with Crippen molar-refractivity contribution < 1.29 is 9.53 Å². The Morgan fingerprint density at radius 2 is 2.21 bits per heavy atom. The third-order valence-electron chi connectivity index (χ3n) is 2.82. The Balaban J connectivity index is 2.35. The average Bonchev–Trinajstić information content (AvgIpc) is 2.70. The summed E-state index contributed by atoms with van der Waals surface area (Å²) in [5.74, 6) is 0.0417. The summed E-state index contributed by atoms with van der Waals surface area (Å²) in [6.07, 6.45) is 3.28. The van der Waals surface area contributed by atoms with Crippen molar-refractivity contribution in [1.82, 2.24) is 5.32 Å². The molecule has 0 spiro atoms. The number of amides is 1. The number of carbonyl (C=O) groups is 1. The molecule has 0 radical (unpaired) electrons. The maximum Gasteiger partial charge on any atom is 0.261 e. The number of hydrogen-bond donors (Lipinski definition) is 1. The van der Waals surface area contributed by atoms with Crippen molar-refractivity contribution in [1.29, 1.82) is 0 Å². The first-order valence-electron chi connectivity index (χ1n) is 7.03. The maximum absolute atomic E-state index is 12.0. The lowest BCUT2D eigenvalue weighted by Crippen LogP contribution is -2.24. The van der Waals surface area contributed by atoms with Gasteiger partial charge in [-0.25, -0.2) is 0 Å². The zero-order valence-electron chi connectivity index (χ0n) is 12.4. The summed E-state index contributed by atoms with van der Waals surface area (Å²) in [4.78, 5) is 14.1. The van der Waals surface area contributed by atoms with Crippen LogP contribution in [0.2, 0.25) is 0 Å². The van der Waals surface area contributed by atoms with E-state index in [-0.39, 0.29) is 12.0 Å². The van der Waals surface area contributed by atoms with E-state index in [1.54, 1.807) is 11.3 Å². The number of rotatable bonds is 8. The third kappa shape index (κ3) is 5.74. The second-order valence-electron chi connectivity index (χ2n) is 4.97. The Kier molecular flexibility index (Phi) is 7.10. The van der Waals surface area contributed by atoms with Gasteiger partial charge in [-0.3, -0.25) is 4.79 Å². The van der Waals surface area contributed by atoms with Gasteiger partial charge in [-0.15, -0.1) is 11.3 Å². The molecule has 0 aromatic carbocycles. The predicted octanol–water partition coefficient (Wildman–Crippen LogP) is 3.55. The van der Waals surface area contributed by atoms with E-state index >= 15 is 0 Å². The van der Waals surface area contributed by atoms with Gasteiger partial charge in [-0.2, -0.15) is 0 Å². The van der Waals surface area contributed by atoms with Crippen LogP contribution >= 0.6 is 11.3 Å². The molecule has 0 aliphatic carbocycles. The zero-order chi connectivity index (χ0) is 14.3. The molecule has 1 aromatic heterocycles. The molecule has 0 fully saturated rings. The van der Waals surface area contributed by atoms with Gasteiger partial charge < -0.3 is 10.1 Å². The molecule has 1 aromatic rings. The number of hydrogen-bond acceptors (Lipinski definition) is 3. The number of nitrogens with one attached hydrogen (secondary N) is 1. The van der Waals surface area contributed by atoms with Crippen molar-refractivity contribution in [3.8, 4) is 0 Å². The molecule has 108 valence electrons. The highest BCUT2D eigenvalue weighted by Crippen LogP contribution is 2.22. The maximum atomic E-state index is 12.0. The van der Waals surface area contributed by atoms with Crippen LogP contribution in [0.25, 0.3) is 0 Å². The minimum absolute atomic E-state index is 0.0417. The minimum Gasteiger partial charge on any atom is -0.379 e. The molecule has 4 heteroatoms. The topological polar surface area (TPSA) is 38.3 Å². The molecular formula is C15H25NO2S. The lowest BCUT2D eigenvalue weighted by molar-refractivity contribution is 0.0757. The summed E-state index contributed by atoms with van der Waals surface area (Å²) in [5.41, 5.74) is 1.31. The van der Waals surface area contributed by atoms with Crippen molar-refractivity contribution in [2.45, 2.75) is 53.1 Å².